The van der Waals surface area contributed by atoms with E-state index in [4.69, 9.17) is 4.74 Å². The Morgan fingerprint density at radius 3 is 2.43 bits per heavy atom. The first-order valence-corrected chi connectivity index (χ1v) is 11.0. The van der Waals surface area contributed by atoms with Crippen LogP contribution in [0.25, 0.3) is 0 Å². The van der Waals surface area contributed by atoms with E-state index in [0.29, 0.717) is 11.8 Å². The van der Waals surface area contributed by atoms with Crippen LogP contribution < -0.4 is 0 Å². The van der Waals surface area contributed by atoms with E-state index in [1.807, 2.05) is 6.08 Å². The quantitative estimate of drug-likeness (QED) is 0.680. The molecule has 4 nitrogen and oxygen atoms in total. The van der Waals surface area contributed by atoms with Gasteiger partial charge in [-0.25, -0.2) is 0 Å². The molecule has 0 saturated heterocycles. The van der Waals surface area contributed by atoms with Crippen LogP contribution in [0.15, 0.2) is 12.2 Å². The molecule has 0 heterocycles. The van der Waals surface area contributed by atoms with Gasteiger partial charge >= 0.3 is 5.97 Å². The zero-order valence-corrected chi connectivity index (χ0v) is 18.2. The van der Waals surface area contributed by atoms with Crippen LogP contribution in [-0.4, -0.2) is 29.1 Å². The van der Waals surface area contributed by atoms with E-state index >= 15 is 0 Å². The molecule has 28 heavy (non-hydrogen) atoms. The topological polar surface area (TPSA) is 63.6 Å². The van der Waals surface area contributed by atoms with Gasteiger partial charge in [0.1, 0.15) is 6.10 Å². The van der Waals surface area contributed by atoms with Gasteiger partial charge < -0.3 is 9.84 Å². The number of carbonyl (C=O) groups excluding carboxylic acids is 2. The second kappa shape index (κ2) is 5.93. The minimum Gasteiger partial charge on any atom is -0.462 e. The van der Waals surface area contributed by atoms with Gasteiger partial charge in [-0.15, -0.1) is 0 Å². The van der Waals surface area contributed by atoms with Crippen LogP contribution in [0.3, 0.4) is 0 Å². The molecular weight excluding hydrogens is 352 g/mol. The van der Waals surface area contributed by atoms with Crippen molar-refractivity contribution in [2.24, 2.45) is 39.4 Å². The van der Waals surface area contributed by atoms with Crippen molar-refractivity contribution in [2.75, 3.05) is 0 Å². The van der Waals surface area contributed by atoms with Crippen molar-refractivity contribution < 1.29 is 19.4 Å². The molecule has 4 rings (SSSR count). The molecule has 0 aromatic carbocycles. The number of hydrogen-bond donors (Lipinski definition) is 1. The summed E-state index contributed by atoms with van der Waals surface area (Å²) in [5.41, 5.74) is -0.755. The maximum atomic E-state index is 13.2. The number of esters is 1. The fraction of sp³-hybridized carbons (Fsp3) is 0.833. The largest absolute Gasteiger partial charge is 0.462 e. The van der Waals surface area contributed by atoms with Gasteiger partial charge in [0.2, 0.25) is 0 Å². The van der Waals surface area contributed by atoms with Gasteiger partial charge in [-0.1, -0.05) is 40.7 Å². The monoisotopic (exact) mass is 388 g/mol. The first-order chi connectivity index (χ1) is 12.9. The van der Waals surface area contributed by atoms with Crippen molar-refractivity contribution >= 4 is 11.8 Å². The molecule has 3 fully saturated rings. The summed E-state index contributed by atoms with van der Waals surface area (Å²) in [5, 5.41) is 10.7. The molecule has 0 amide bonds. The Labute approximate surface area is 169 Å². The molecule has 156 valence electrons. The van der Waals surface area contributed by atoms with Gasteiger partial charge in [-0.2, -0.15) is 0 Å². The lowest BCUT2D eigenvalue weighted by molar-refractivity contribution is -0.234. The van der Waals surface area contributed by atoms with E-state index < -0.39 is 5.41 Å². The van der Waals surface area contributed by atoms with Crippen molar-refractivity contribution in [1.29, 1.82) is 0 Å². The van der Waals surface area contributed by atoms with Gasteiger partial charge in [-0.3, -0.25) is 9.59 Å². The highest BCUT2D eigenvalue weighted by Crippen LogP contribution is 2.73. The summed E-state index contributed by atoms with van der Waals surface area (Å²) in [6.45, 7) is 12.7. The number of ketones is 1. The Kier molecular flexibility index (Phi) is 4.26. The van der Waals surface area contributed by atoms with Gasteiger partial charge in [-0.05, 0) is 66.3 Å². The summed E-state index contributed by atoms with van der Waals surface area (Å²) in [5.74, 6) is 0.594. The summed E-state index contributed by atoms with van der Waals surface area (Å²) in [4.78, 5) is 25.1. The van der Waals surface area contributed by atoms with Gasteiger partial charge in [0, 0.05) is 18.3 Å². The number of fused-ring (bicyclic) bond motifs is 5. The Morgan fingerprint density at radius 1 is 1.11 bits per heavy atom. The maximum absolute atomic E-state index is 13.2. The van der Waals surface area contributed by atoms with Crippen LogP contribution in [0, 0.1) is 39.4 Å². The Bertz CT molecular complexity index is 739. The molecule has 4 heteroatoms. The number of aliphatic hydroxyl groups excluding tert-OH is 1. The number of ether oxygens (including phenoxy) is 1. The lowest BCUT2D eigenvalue weighted by Crippen LogP contribution is -2.67. The van der Waals surface area contributed by atoms with Crippen LogP contribution in [0.1, 0.15) is 73.6 Å². The van der Waals surface area contributed by atoms with Crippen LogP contribution in [0.2, 0.25) is 0 Å². The van der Waals surface area contributed by atoms with Crippen molar-refractivity contribution in [2.45, 2.75) is 85.9 Å². The van der Waals surface area contributed by atoms with E-state index in [0.717, 1.165) is 32.1 Å². The molecule has 0 radical (unpaired) electrons. The molecule has 0 aromatic heterocycles. The molecular formula is C24H36O4. The standard InChI is InChI=1S/C24H36O4/c1-14(25)28-16-13-18-22(4)11-10-19(26)21(2,3)17(22)9-12-23(18,5)24(6)15(16)7-8-20(24)27/h7-8,15-19,26H,9-13H2,1-6H3/t15?,16-,17?,18?,19+,22+,23-,24+/m1/s1. The summed E-state index contributed by atoms with van der Waals surface area (Å²) >= 11 is 0. The van der Waals surface area contributed by atoms with Crippen LogP contribution in [0.5, 0.6) is 0 Å². The van der Waals surface area contributed by atoms with Crippen molar-refractivity contribution in [3.63, 3.8) is 0 Å². The first kappa shape index (κ1) is 20.1. The molecule has 0 aliphatic heterocycles. The normalized spacial score (nSPS) is 51.8. The summed E-state index contributed by atoms with van der Waals surface area (Å²) in [7, 11) is 0. The third-order valence-corrected chi connectivity index (χ3v) is 10.0. The molecule has 8 atom stereocenters. The van der Waals surface area contributed by atoms with Gasteiger partial charge in [0.25, 0.3) is 0 Å². The predicted molar refractivity (Wildman–Crippen MR) is 107 cm³/mol. The number of allylic oxidation sites excluding steroid dienone is 1. The third-order valence-electron chi connectivity index (χ3n) is 10.0. The summed E-state index contributed by atoms with van der Waals surface area (Å²) in [6.07, 6.45) is 7.83. The fourth-order valence-electron chi connectivity index (χ4n) is 8.28. The van der Waals surface area contributed by atoms with Crippen molar-refractivity contribution in [1.82, 2.24) is 0 Å². The number of aliphatic hydroxyl groups is 1. The molecule has 4 aliphatic rings. The molecule has 3 saturated carbocycles. The van der Waals surface area contributed by atoms with Crippen molar-refractivity contribution in [3.05, 3.63) is 12.2 Å². The highest BCUT2D eigenvalue weighted by Gasteiger charge is 2.71. The summed E-state index contributed by atoms with van der Waals surface area (Å²) < 4.78 is 5.82. The van der Waals surface area contributed by atoms with E-state index in [2.05, 4.69) is 34.6 Å². The average Bonchev–Trinajstić information content (AvgIpc) is 2.90. The van der Waals surface area contributed by atoms with Crippen molar-refractivity contribution in [3.8, 4) is 0 Å². The van der Waals surface area contributed by atoms with Gasteiger partial charge in [0.15, 0.2) is 5.78 Å². The van der Waals surface area contributed by atoms with E-state index in [1.165, 1.54) is 6.92 Å². The Morgan fingerprint density at radius 2 is 1.79 bits per heavy atom. The summed E-state index contributed by atoms with van der Waals surface area (Å²) in [6, 6.07) is 0. The molecule has 0 spiro atoms. The maximum Gasteiger partial charge on any atom is 0.302 e. The predicted octanol–water partition coefficient (Wildman–Crippen LogP) is 4.30. The second-order valence-corrected chi connectivity index (χ2v) is 11.3. The van der Waals surface area contributed by atoms with E-state index in [9.17, 15) is 14.7 Å². The lowest BCUT2D eigenvalue weighted by Gasteiger charge is -2.69. The Hall–Kier alpha value is -1.16. The fourth-order valence-corrected chi connectivity index (χ4v) is 8.28. The highest BCUT2D eigenvalue weighted by molar-refractivity contribution is 5.98. The number of rotatable bonds is 1. The molecule has 0 aromatic rings. The highest BCUT2D eigenvalue weighted by atomic mass is 16.5. The van der Waals surface area contributed by atoms with Crippen LogP contribution in [-0.2, 0) is 14.3 Å². The lowest BCUT2D eigenvalue weighted by atomic mass is 9.35. The van der Waals surface area contributed by atoms with Crippen LogP contribution >= 0.6 is 0 Å². The van der Waals surface area contributed by atoms with E-state index in [-0.39, 0.29) is 46.1 Å². The minimum absolute atomic E-state index is 0.0327. The van der Waals surface area contributed by atoms with Gasteiger partial charge in [0.05, 0.1) is 6.10 Å². The Balaban J connectivity index is 1.82. The number of hydrogen-bond acceptors (Lipinski definition) is 4. The molecule has 0 bridgehead atoms. The zero-order chi connectivity index (χ0) is 20.7. The second-order valence-electron chi connectivity index (χ2n) is 11.3. The first-order valence-electron chi connectivity index (χ1n) is 11.0. The van der Waals surface area contributed by atoms with E-state index in [1.54, 1.807) is 6.08 Å². The molecule has 3 unspecified atom stereocenters. The zero-order valence-electron chi connectivity index (χ0n) is 18.2. The number of carbonyl (C=O) groups is 2. The third kappa shape index (κ3) is 2.27. The molecule has 4 aliphatic carbocycles. The minimum atomic E-state index is -0.524. The van der Waals surface area contributed by atoms with Crippen LogP contribution in [0.4, 0.5) is 0 Å². The SMILES string of the molecule is CC(=O)O[C@@H]1CC2[C@@]3(C)CC[C@H](O)C(C)(C)C3CC[C@@]2(C)[C@]2(C)C(=O)C=CC12. The smallest absolute Gasteiger partial charge is 0.302 e. The average molecular weight is 389 g/mol. The molecule has 1 N–H and O–H groups in total.